The summed E-state index contributed by atoms with van der Waals surface area (Å²) in [5.74, 6) is -1.96. The average Bonchev–Trinajstić information content (AvgIpc) is 2.71. The molecule has 8 heteroatoms. The predicted octanol–water partition coefficient (Wildman–Crippen LogP) is 2.29. The van der Waals surface area contributed by atoms with Gasteiger partial charge in [-0.05, 0) is 18.2 Å². The van der Waals surface area contributed by atoms with Gasteiger partial charge in [0.25, 0.3) is 0 Å². The van der Waals surface area contributed by atoms with E-state index in [1.807, 2.05) is 0 Å². The number of aromatic nitrogens is 2. The molecule has 0 aliphatic heterocycles. The van der Waals surface area contributed by atoms with Gasteiger partial charge in [0.1, 0.15) is 0 Å². The number of aromatic carboxylic acids is 1. The molecule has 5 nitrogen and oxygen atoms in total. The lowest BCUT2D eigenvalue weighted by atomic mass is 10.2. The van der Waals surface area contributed by atoms with E-state index in [1.54, 1.807) is 0 Å². The Labute approximate surface area is 104 Å². The van der Waals surface area contributed by atoms with E-state index in [4.69, 9.17) is 5.11 Å². The Hall–Kier alpha value is -2.51. The number of hydrogen-bond acceptors (Lipinski definition) is 3. The van der Waals surface area contributed by atoms with E-state index >= 15 is 0 Å². The summed E-state index contributed by atoms with van der Waals surface area (Å²) >= 11 is 0. The van der Waals surface area contributed by atoms with Gasteiger partial charge in [-0.2, -0.15) is 18.3 Å². The van der Waals surface area contributed by atoms with Crippen LogP contribution in [0.15, 0.2) is 30.3 Å². The lowest BCUT2D eigenvalue weighted by molar-refractivity contribution is -0.141. The fourth-order valence-corrected chi connectivity index (χ4v) is 1.47. The predicted molar refractivity (Wildman–Crippen MR) is 57.2 cm³/mol. The minimum atomic E-state index is -4.69. The second-order valence-corrected chi connectivity index (χ2v) is 3.65. The minimum Gasteiger partial charge on any atom is -0.493 e. The van der Waals surface area contributed by atoms with Crippen LogP contribution in [-0.4, -0.2) is 26.0 Å². The first-order valence-electron chi connectivity index (χ1n) is 4.99. The molecule has 1 aromatic carbocycles. The Morgan fingerprint density at radius 2 is 1.95 bits per heavy atom. The molecule has 2 N–H and O–H groups in total. The second kappa shape index (κ2) is 4.30. The van der Waals surface area contributed by atoms with E-state index in [1.165, 1.54) is 18.2 Å². The monoisotopic (exact) mass is 272 g/mol. The third-order valence-electron chi connectivity index (χ3n) is 2.32. The van der Waals surface area contributed by atoms with Gasteiger partial charge in [-0.3, -0.25) is 0 Å². The van der Waals surface area contributed by atoms with Gasteiger partial charge in [0.15, 0.2) is 5.69 Å². The fraction of sp³-hybridized carbons (Fsp3) is 0.0909. The first-order valence-corrected chi connectivity index (χ1v) is 4.99. The molecule has 0 saturated heterocycles. The van der Waals surface area contributed by atoms with Crippen molar-refractivity contribution in [3.63, 3.8) is 0 Å². The minimum absolute atomic E-state index is 0.0212. The zero-order chi connectivity index (χ0) is 14.2. The Balaban J connectivity index is 2.50. The van der Waals surface area contributed by atoms with Gasteiger partial charge in [-0.1, -0.05) is 6.07 Å². The van der Waals surface area contributed by atoms with Crippen molar-refractivity contribution in [3.05, 3.63) is 41.6 Å². The maximum Gasteiger partial charge on any atom is 0.435 e. The summed E-state index contributed by atoms with van der Waals surface area (Å²) in [6.45, 7) is 0. The smallest absolute Gasteiger partial charge is 0.435 e. The van der Waals surface area contributed by atoms with Crippen molar-refractivity contribution < 1.29 is 28.2 Å². The number of benzene rings is 1. The molecule has 0 atom stereocenters. The highest BCUT2D eigenvalue weighted by atomic mass is 19.4. The summed E-state index contributed by atoms with van der Waals surface area (Å²) < 4.78 is 37.9. The SMILES string of the molecule is O=C(O)c1cccc(-n2nc(C(F)(F)F)cc2O)c1. The Kier molecular flexibility index (Phi) is 2.93. The molecule has 0 radical (unpaired) electrons. The van der Waals surface area contributed by atoms with Crippen LogP contribution in [0.2, 0.25) is 0 Å². The Morgan fingerprint density at radius 3 is 2.47 bits per heavy atom. The highest BCUT2D eigenvalue weighted by Crippen LogP contribution is 2.31. The van der Waals surface area contributed by atoms with Crippen LogP contribution in [-0.2, 0) is 6.18 Å². The average molecular weight is 272 g/mol. The van der Waals surface area contributed by atoms with Gasteiger partial charge in [-0.15, -0.1) is 0 Å². The highest BCUT2D eigenvalue weighted by Gasteiger charge is 2.35. The summed E-state index contributed by atoms with van der Waals surface area (Å²) in [4.78, 5) is 10.8. The summed E-state index contributed by atoms with van der Waals surface area (Å²) in [7, 11) is 0. The number of rotatable bonds is 2. The van der Waals surface area contributed by atoms with E-state index in [2.05, 4.69) is 5.10 Å². The summed E-state index contributed by atoms with van der Waals surface area (Å²) in [5, 5.41) is 21.4. The van der Waals surface area contributed by atoms with Crippen LogP contribution in [0, 0.1) is 0 Å². The Morgan fingerprint density at radius 1 is 1.26 bits per heavy atom. The normalized spacial score (nSPS) is 11.5. The quantitative estimate of drug-likeness (QED) is 0.879. The first kappa shape index (κ1) is 12.9. The van der Waals surface area contributed by atoms with Gasteiger partial charge < -0.3 is 10.2 Å². The number of hydrogen-bond donors (Lipinski definition) is 2. The van der Waals surface area contributed by atoms with Crippen molar-refractivity contribution in [2.45, 2.75) is 6.18 Å². The molecule has 2 rings (SSSR count). The van der Waals surface area contributed by atoms with Gasteiger partial charge in [0.05, 0.1) is 11.3 Å². The van der Waals surface area contributed by atoms with Crippen LogP contribution >= 0.6 is 0 Å². The molecule has 0 bridgehead atoms. The third-order valence-corrected chi connectivity index (χ3v) is 2.32. The topological polar surface area (TPSA) is 75.3 Å². The molecular formula is C11H7F3N2O3. The maximum atomic E-state index is 12.4. The van der Waals surface area contributed by atoms with Gasteiger partial charge in [0.2, 0.25) is 5.88 Å². The largest absolute Gasteiger partial charge is 0.493 e. The van der Waals surface area contributed by atoms with Crippen LogP contribution in [0.5, 0.6) is 5.88 Å². The van der Waals surface area contributed by atoms with E-state index in [-0.39, 0.29) is 11.3 Å². The number of halogens is 3. The number of nitrogens with zero attached hydrogens (tertiary/aromatic N) is 2. The summed E-state index contributed by atoms with van der Waals surface area (Å²) in [6, 6.07) is 5.52. The number of carboxylic acids is 1. The zero-order valence-electron chi connectivity index (χ0n) is 9.22. The molecule has 0 saturated carbocycles. The van der Waals surface area contributed by atoms with Gasteiger partial charge in [-0.25, -0.2) is 9.48 Å². The molecule has 0 spiro atoms. The molecule has 1 aromatic heterocycles. The summed E-state index contributed by atoms with van der Waals surface area (Å²) in [5.41, 5.74) is -1.36. The lowest BCUT2D eigenvalue weighted by Gasteiger charge is -2.04. The first-order chi connectivity index (χ1) is 8.79. The molecule has 100 valence electrons. The van der Waals surface area contributed by atoms with Crippen LogP contribution in [0.1, 0.15) is 16.1 Å². The molecule has 0 unspecified atom stereocenters. The molecule has 0 fully saturated rings. The van der Waals surface area contributed by atoms with E-state index in [0.29, 0.717) is 10.7 Å². The van der Waals surface area contributed by atoms with Crippen LogP contribution in [0.4, 0.5) is 13.2 Å². The van der Waals surface area contributed by atoms with Crippen LogP contribution < -0.4 is 0 Å². The standard InChI is InChI=1S/C11H7F3N2O3/c12-11(13,14)8-5-9(17)16(15-8)7-3-1-2-6(4-7)10(18)19/h1-5,17H,(H,18,19). The van der Waals surface area contributed by atoms with Crippen molar-refractivity contribution in [1.82, 2.24) is 9.78 Å². The lowest BCUT2D eigenvalue weighted by Crippen LogP contribution is -2.07. The zero-order valence-corrected chi connectivity index (χ0v) is 9.22. The summed E-state index contributed by atoms with van der Waals surface area (Å²) in [6.07, 6.45) is -4.69. The molecular weight excluding hydrogens is 265 g/mol. The number of alkyl halides is 3. The van der Waals surface area contributed by atoms with Crippen molar-refractivity contribution in [1.29, 1.82) is 0 Å². The molecule has 2 aromatic rings. The van der Waals surface area contributed by atoms with Crippen molar-refractivity contribution >= 4 is 5.97 Å². The molecule has 19 heavy (non-hydrogen) atoms. The van der Waals surface area contributed by atoms with Crippen LogP contribution in [0.25, 0.3) is 5.69 Å². The van der Waals surface area contributed by atoms with Crippen LogP contribution in [0.3, 0.4) is 0 Å². The van der Waals surface area contributed by atoms with E-state index < -0.39 is 23.7 Å². The molecule has 0 aliphatic rings. The van der Waals surface area contributed by atoms with Gasteiger partial charge in [0, 0.05) is 6.07 Å². The number of aromatic hydroxyl groups is 1. The number of carboxylic acid groups (broad SMARTS) is 1. The fourth-order valence-electron chi connectivity index (χ4n) is 1.47. The van der Waals surface area contributed by atoms with Crippen molar-refractivity contribution in [3.8, 4) is 11.6 Å². The Bertz CT molecular complexity index is 634. The molecule has 1 heterocycles. The highest BCUT2D eigenvalue weighted by molar-refractivity contribution is 5.88. The second-order valence-electron chi connectivity index (χ2n) is 3.65. The van der Waals surface area contributed by atoms with Crippen molar-refractivity contribution in [2.24, 2.45) is 0 Å². The van der Waals surface area contributed by atoms with Crippen molar-refractivity contribution in [2.75, 3.05) is 0 Å². The third kappa shape index (κ3) is 2.51. The molecule has 0 amide bonds. The molecule has 0 aliphatic carbocycles. The number of carbonyl (C=O) groups is 1. The van der Waals surface area contributed by atoms with E-state index in [0.717, 1.165) is 6.07 Å². The van der Waals surface area contributed by atoms with E-state index in [9.17, 15) is 23.1 Å². The maximum absolute atomic E-state index is 12.4. The van der Waals surface area contributed by atoms with Gasteiger partial charge >= 0.3 is 12.1 Å².